The van der Waals surface area contributed by atoms with Crippen molar-refractivity contribution in [2.75, 3.05) is 0 Å². The van der Waals surface area contributed by atoms with Gasteiger partial charge < -0.3 is 4.74 Å². The van der Waals surface area contributed by atoms with Gasteiger partial charge in [-0.2, -0.15) is 4.98 Å². The predicted molar refractivity (Wildman–Crippen MR) is 103 cm³/mol. The van der Waals surface area contributed by atoms with Gasteiger partial charge in [-0.15, -0.1) is 0 Å². The first kappa shape index (κ1) is 20.2. The number of hydrogen-bond acceptors (Lipinski definition) is 4. The molecule has 3 nitrogen and oxygen atoms in total. The molecule has 146 valence electrons. The number of hydrogen-bond donors (Lipinski definition) is 0. The third-order valence-electron chi connectivity index (χ3n) is 3.91. The van der Waals surface area contributed by atoms with Crippen LogP contribution in [-0.2, 0) is 11.2 Å². The summed E-state index contributed by atoms with van der Waals surface area (Å²) in [5.41, 5.74) is 0.300. The SMILES string of the molecule is CC(C)(C)c1cc(Oc2ccccc2F)nc(SCc2c(F)cccc2F)n1. The summed E-state index contributed by atoms with van der Waals surface area (Å²) in [5.74, 6) is -1.53. The van der Waals surface area contributed by atoms with Crippen LogP contribution in [0.2, 0.25) is 0 Å². The normalized spacial score (nSPS) is 11.5. The third-order valence-corrected chi connectivity index (χ3v) is 4.78. The Morgan fingerprint density at radius 2 is 1.54 bits per heavy atom. The summed E-state index contributed by atoms with van der Waals surface area (Å²) in [6, 6.07) is 11.4. The summed E-state index contributed by atoms with van der Waals surface area (Å²) in [4.78, 5) is 8.75. The summed E-state index contributed by atoms with van der Waals surface area (Å²) in [6.07, 6.45) is 0. The number of nitrogens with zero attached hydrogens (tertiary/aromatic N) is 2. The second-order valence-electron chi connectivity index (χ2n) is 7.15. The lowest BCUT2D eigenvalue weighted by Crippen LogP contribution is -2.15. The van der Waals surface area contributed by atoms with E-state index in [4.69, 9.17) is 4.74 Å². The average Bonchev–Trinajstić information content (AvgIpc) is 2.62. The Kier molecular flexibility index (Phi) is 5.93. The summed E-state index contributed by atoms with van der Waals surface area (Å²) >= 11 is 1.09. The van der Waals surface area contributed by atoms with Crippen molar-refractivity contribution in [3.05, 3.63) is 77.2 Å². The number of ether oxygens (including phenoxy) is 1. The molecule has 0 fully saturated rings. The Morgan fingerprint density at radius 1 is 0.893 bits per heavy atom. The molecule has 0 aliphatic heterocycles. The quantitative estimate of drug-likeness (QED) is 0.370. The third kappa shape index (κ3) is 4.84. The fourth-order valence-electron chi connectivity index (χ4n) is 2.35. The average molecular weight is 404 g/mol. The Morgan fingerprint density at radius 3 is 2.18 bits per heavy atom. The molecule has 0 N–H and O–H groups in total. The van der Waals surface area contributed by atoms with Gasteiger partial charge in [0.1, 0.15) is 11.6 Å². The maximum absolute atomic E-state index is 13.9. The Balaban J connectivity index is 1.91. The molecule has 0 saturated heterocycles. The molecule has 0 spiro atoms. The topological polar surface area (TPSA) is 35.0 Å². The van der Waals surface area contributed by atoms with E-state index in [-0.39, 0.29) is 28.4 Å². The van der Waals surface area contributed by atoms with E-state index in [0.29, 0.717) is 10.9 Å². The zero-order chi connectivity index (χ0) is 20.3. The smallest absolute Gasteiger partial charge is 0.223 e. The predicted octanol–water partition coefficient (Wildman–Crippen LogP) is 6.28. The van der Waals surface area contributed by atoms with Gasteiger partial charge in [0.2, 0.25) is 5.88 Å². The molecule has 3 rings (SSSR count). The van der Waals surface area contributed by atoms with Crippen molar-refractivity contribution >= 4 is 11.8 Å². The van der Waals surface area contributed by atoms with E-state index >= 15 is 0 Å². The van der Waals surface area contributed by atoms with Gasteiger partial charge in [-0.25, -0.2) is 18.2 Å². The Labute approximate surface area is 166 Å². The van der Waals surface area contributed by atoms with E-state index in [1.54, 1.807) is 18.2 Å². The fourth-order valence-corrected chi connectivity index (χ4v) is 3.22. The van der Waals surface area contributed by atoms with Gasteiger partial charge in [-0.3, -0.25) is 0 Å². The van der Waals surface area contributed by atoms with E-state index in [9.17, 15) is 13.2 Å². The number of halogens is 3. The zero-order valence-corrected chi connectivity index (χ0v) is 16.5. The second kappa shape index (κ2) is 8.22. The summed E-state index contributed by atoms with van der Waals surface area (Å²) in [6.45, 7) is 5.90. The lowest BCUT2D eigenvalue weighted by molar-refractivity contribution is 0.417. The van der Waals surface area contributed by atoms with Crippen molar-refractivity contribution < 1.29 is 17.9 Å². The van der Waals surface area contributed by atoms with Crippen molar-refractivity contribution in [3.8, 4) is 11.6 Å². The van der Waals surface area contributed by atoms with Gasteiger partial charge in [0, 0.05) is 22.8 Å². The monoisotopic (exact) mass is 404 g/mol. The van der Waals surface area contributed by atoms with Crippen molar-refractivity contribution in [1.82, 2.24) is 9.97 Å². The minimum atomic E-state index is -0.623. The summed E-state index contributed by atoms with van der Waals surface area (Å²) < 4.78 is 47.3. The van der Waals surface area contributed by atoms with Crippen LogP contribution in [0.15, 0.2) is 53.7 Å². The lowest BCUT2D eigenvalue weighted by Gasteiger charge is -2.19. The highest BCUT2D eigenvalue weighted by molar-refractivity contribution is 7.98. The molecule has 7 heteroatoms. The largest absolute Gasteiger partial charge is 0.436 e. The summed E-state index contributed by atoms with van der Waals surface area (Å²) in [5, 5.41) is 0.293. The highest BCUT2D eigenvalue weighted by Gasteiger charge is 2.20. The van der Waals surface area contributed by atoms with Crippen LogP contribution in [0, 0.1) is 17.5 Å². The summed E-state index contributed by atoms with van der Waals surface area (Å²) in [7, 11) is 0. The Bertz CT molecular complexity index is 969. The zero-order valence-electron chi connectivity index (χ0n) is 15.7. The number of aromatic nitrogens is 2. The molecular weight excluding hydrogens is 385 g/mol. The van der Waals surface area contributed by atoms with E-state index in [1.165, 1.54) is 30.3 Å². The van der Waals surface area contributed by atoms with Crippen molar-refractivity contribution in [2.24, 2.45) is 0 Å². The number of benzene rings is 2. The number of para-hydroxylation sites is 1. The van der Waals surface area contributed by atoms with Gasteiger partial charge in [0.05, 0.1) is 5.69 Å². The highest BCUT2D eigenvalue weighted by Crippen LogP contribution is 2.31. The van der Waals surface area contributed by atoms with Crippen molar-refractivity contribution in [2.45, 2.75) is 37.1 Å². The molecule has 0 bridgehead atoms. The van der Waals surface area contributed by atoms with Gasteiger partial charge in [0.25, 0.3) is 0 Å². The fraction of sp³-hybridized carbons (Fsp3) is 0.238. The van der Waals surface area contributed by atoms with Crippen LogP contribution in [0.25, 0.3) is 0 Å². The molecule has 0 radical (unpaired) electrons. The maximum Gasteiger partial charge on any atom is 0.223 e. The van der Waals surface area contributed by atoms with E-state index in [1.807, 2.05) is 20.8 Å². The van der Waals surface area contributed by atoms with Crippen molar-refractivity contribution in [1.29, 1.82) is 0 Å². The molecule has 3 aromatic rings. The molecule has 0 atom stereocenters. The first-order valence-electron chi connectivity index (χ1n) is 8.61. The molecule has 0 saturated carbocycles. The molecule has 0 unspecified atom stereocenters. The first-order chi connectivity index (χ1) is 13.2. The number of thioether (sulfide) groups is 1. The van der Waals surface area contributed by atoms with Crippen LogP contribution in [0.4, 0.5) is 13.2 Å². The maximum atomic E-state index is 13.9. The van der Waals surface area contributed by atoms with Crippen LogP contribution < -0.4 is 4.74 Å². The van der Waals surface area contributed by atoms with E-state index < -0.39 is 17.5 Å². The molecule has 1 heterocycles. The lowest BCUT2D eigenvalue weighted by atomic mass is 9.92. The second-order valence-corrected chi connectivity index (χ2v) is 8.09. The highest BCUT2D eigenvalue weighted by atomic mass is 32.2. The molecular formula is C21H19F3N2OS. The van der Waals surface area contributed by atoms with Crippen LogP contribution in [-0.4, -0.2) is 9.97 Å². The molecule has 0 aliphatic carbocycles. The molecule has 2 aromatic carbocycles. The van der Waals surface area contributed by atoms with Gasteiger partial charge in [-0.1, -0.05) is 50.7 Å². The Hall–Kier alpha value is -2.54. The molecule has 0 aliphatic rings. The molecule has 28 heavy (non-hydrogen) atoms. The van der Waals surface area contributed by atoms with Crippen molar-refractivity contribution in [3.63, 3.8) is 0 Å². The first-order valence-corrected chi connectivity index (χ1v) is 9.60. The number of rotatable bonds is 5. The van der Waals surface area contributed by atoms with Crippen LogP contribution in [0.3, 0.4) is 0 Å². The van der Waals surface area contributed by atoms with Crippen LogP contribution >= 0.6 is 11.8 Å². The molecule has 0 amide bonds. The minimum absolute atomic E-state index is 0.0191. The standard InChI is InChI=1S/C21H19F3N2OS/c1-21(2,3)18-11-19(27-17-10-5-4-7-16(17)24)26-20(25-18)28-12-13-14(22)8-6-9-15(13)23/h4-11H,12H2,1-3H3. The van der Waals surface area contributed by atoms with Crippen LogP contribution in [0.5, 0.6) is 11.6 Å². The van der Waals surface area contributed by atoms with E-state index in [0.717, 1.165) is 11.8 Å². The van der Waals surface area contributed by atoms with Gasteiger partial charge >= 0.3 is 0 Å². The molecule has 1 aromatic heterocycles. The minimum Gasteiger partial charge on any atom is -0.436 e. The van der Waals surface area contributed by atoms with E-state index in [2.05, 4.69) is 9.97 Å². The van der Waals surface area contributed by atoms with Gasteiger partial charge in [-0.05, 0) is 24.3 Å². The van der Waals surface area contributed by atoms with Crippen LogP contribution in [0.1, 0.15) is 32.0 Å². The van der Waals surface area contributed by atoms with Gasteiger partial charge in [0.15, 0.2) is 16.7 Å².